The molecule has 0 bridgehead atoms. The predicted molar refractivity (Wildman–Crippen MR) is 110 cm³/mol. The monoisotopic (exact) mass is 379 g/mol. The molecule has 2 aromatic carbocycles. The molecule has 146 valence electrons. The number of hydrogen-bond donors (Lipinski definition) is 2. The SMILES string of the molecule is O=c1c(CNc2ccc(O)cc2)coc2cccc(OCC3CCCCC3)c12. The quantitative estimate of drug-likeness (QED) is 0.585. The second-order valence-electron chi connectivity index (χ2n) is 7.43. The normalized spacial score (nSPS) is 14.9. The van der Waals surface area contributed by atoms with Crippen molar-refractivity contribution in [3.05, 3.63) is 64.5 Å². The Bertz CT molecular complexity index is 988. The van der Waals surface area contributed by atoms with Crippen LogP contribution in [0.1, 0.15) is 37.7 Å². The van der Waals surface area contributed by atoms with E-state index in [2.05, 4.69) is 5.32 Å². The minimum atomic E-state index is -0.0771. The average Bonchev–Trinajstić information content (AvgIpc) is 2.73. The standard InChI is InChI=1S/C23H25NO4/c25-19-11-9-18(10-12-19)24-13-17-15-28-21-8-4-7-20(22(21)23(17)26)27-14-16-5-2-1-3-6-16/h4,7-12,15-16,24-25H,1-3,5-6,13-14H2. The van der Waals surface area contributed by atoms with E-state index >= 15 is 0 Å². The van der Waals surface area contributed by atoms with E-state index in [4.69, 9.17) is 9.15 Å². The fourth-order valence-electron chi connectivity index (χ4n) is 3.76. The summed E-state index contributed by atoms with van der Waals surface area (Å²) in [5.74, 6) is 1.37. The van der Waals surface area contributed by atoms with E-state index in [-0.39, 0.29) is 11.2 Å². The Hall–Kier alpha value is -2.95. The molecule has 1 heterocycles. The number of phenolic OH excluding ortho intramolecular Hbond substituents is 1. The van der Waals surface area contributed by atoms with Crippen LogP contribution in [0.25, 0.3) is 11.0 Å². The molecule has 28 heavy (non-hydrogen) atoms. The van der Waals surface area contributed by atoms with Crippen molar-refractivity contribution >= 4 is 16.7 Å². The highest BCUT2D eigenvalue weighted by molar-refractivity contribution is 5.83. The van der Waals surface area contributed by atoms with Gasteiger partial charge in [-0.1, -0.05) is 25.3 Å². The van der Waals surface area contributed by atoms with Gasteiger partial charge in [0.25, 0.3) is 0 Å². The van der Waals surface area contributed by atoms with Crippen molar-refractivity contribution in [1.82, 2.24) is 0 Å². The molecule has 2 N–H and O–H groups in total. The highest BCUT2D eigenvalue weighted by Crippen LogP contribution is 2.27. The van der Waals surface area contributed by atoms with Crippen molar-refractivity contribution < 1.29 is 14.3 Å². The van der Waals surface area contributed by atoms with Gasteiger partial charge >= 0.3 is 0 Å². The average molecular weight is 379 g/mol. The van der Waals surface area contributed by atoms with Crippen molar-refractivity contribution in [1.29, 1.82) is 0 Å². The molecular weight excluding hydrogens is 354 g/mol. The lowest BCUT2D eigenvalue weighted by atomic mass is 9.90. The number of hydrogen-bond acceptors (Lipinski definition) is 5. The Morgan fingerprint density at radius 2 is 1.86 bits per heavy atom. The van der Waals surface area contributed by atoms with Gasteiger partial charge < -0.3 is 19.6 Å². The number of rotatable bonds is 6. The maximum atomic E-state index is 13.1. The van der Waals surface area contributed by atoms with Gasteiger partial charge in [0, 0.05) is 12.2 Å². The van der Waals surface area contributed by atoms with E-state index in [9.17, 15) is 9.90 Å². The molecule has 1 saturated carbocycles. The number of ether oxygens (including phenoxy) is 1. The Morgan fingerprint density at radius 1 is 1.07 bits per heavy atom. The second-order valence-corrected chi connectivity index (χ2v) is 7.43. The van der Waals surface area contributed by atoms with Gasteiger partial charge in [-0.25, -0.2) is 0 Å². The first-order chi connectivity index (χ1) is 13.7. The van der Waals surface area contributed by atoms with E-state index in [1.807, 2.05) is 12.1 Å². The number of aromatic hydroxyl groups is 1. The molecule has 5 nitrogen and oxygen atoms in total. The van der Waals surface area contributed by atoms with Gasteiger partial charge in [-0.2, -0.15) is 0 Å². The van der Waals surface area contributed by atoms with Crippen LogP contribution in [-0.2, 0) is 6.54 Å². The van der Waals surface area contributed by atoms with Gasteiger partial charge in [-0.15, -0.1) is 0 Å². The number of nitrogens with one attached hydrogen (secondary N) is 1. The van der Waals surface area contributed by atoms with E-state index in [0.717, 1.165) is 5.69 Å². The van der Waals surface area contributed by atoms with E-state index in [1.54, 1.807) is 30.3 Å². The van der Waals surface area contributed by atoms with Gasteiger partial charge in [0.05, 0.1) is 18.4 Å². The van der Waals surface area contributed by atoms with Crippen LogP contribution < -0.4 is 15.5 Å². The molecule has 1 fully saturated rings. The molecule has 3 aromatic rings. The van der Waals surface area contributed by atoms with Gasteiger partial charge in [-0.05, 0) is 55.2 Å². The largest absolute Gasteiger partial charge is 0.508 e. The maximum Gasteiger partial charge on any atom is 0.201 e. The van der Waals surface area contributed by atoms with Crippen molar-refractivity contribution in [2.24, 2.45) is 5.92 Å². The summed E-state index contributed by atoms with van der Waals surface area (Å²) in [5, 5.41) is 13.1. The third-order valence-electron chi connectivity index (χ3n) is 5.38. The number of phenols is 1. The molecular formula is C23H25NO4. The highest BCUT2D eigenvalue weighted by atomic mass is 16.5. The number of anilines is 1. The molecule has 1 aliphatic rings. The van der Waals surface area contributed by atoms with Crippen molar-refractivity contribution in [2.45, 2.75) is 38.6 Å². The minimum absolute atomic E-state index is 0.0771. The van der Waals surface area contributed by atoms with Crippen LogP contribution in [0.3, 0.4) is 0 Å². The zero-order valence-electron chi connectivity index (χ0n) is 15.8. The van der Waals surface area contributed by atoms with E-state index < -0.39 is 0 Å². The first-order valence-electron chi connectivity index (χ1n) is 9.90. The minimum Gasteiger partial charge on any atom is -0.508 e. The molecule has 4 rings (SSSR count). The Balaban J connectivity index is 1.54. The molecule has 0 aliphatic heterocycles. The Labute approximate surface area is 164 Å². The highest BCUT2D eigenvalue weighted by Gasteiger charge is 2.16. The molecule has 0 spiro atoms. The summed E-state index contributed by atoms with van der Waals surface area (Å²) in [7, 11) is 0. The van der Waals surface area contributed by atoms with Crippen molar-refractivity contribution in [3.63, 3.8) is 0 Å². The Kier molecular flexibility index (Phi) is 5.51. The lowest BCUT2D eigenvalue weighted by Gasteiger charge is -2.22. The summed E-state index contributed by atoms with van der Waals surface area (Å²) in [6.45, 7) is 0.981. The third kappa shape index (κ3) is 4.14. The van der Waals surface area contributed by atoms with Gasteiger partial charge in [0.15, 0.2) is 0 Å². The summed E-state index contributed by atoms with van der Waals surface area (Å²) in [6.07, 6.45) is 7.73. The lowest BCUT2D eigenvalue weighted by Crippen LogP contribution is -2.17. The molecule has 0 unspecified atom stereocenters. The first kappa shape index (κ1) is 18.4. The fraction of sp³-hybridized carbons (Fsp3) is 0.348. The van der Waals surface area contributed by atoms with Crippen LogP contribution in [0.2, 0.25) is 0 Å². The fourth-order valence-corrected chi connectivity index (χ4v) is 3.76. The smallest absolute Gasteiger partial charge is 0.201 e. The summed E-state index contributed by atoms with van der Waals surface area (Å²) in [6, 6.07) is 12.2. The molecule has 0 amide bonds. The van der Waals surface area contributed by atoms with E-state index in [0.29, 0.717) is 41.4 Å². The van der Waals surface area contributed by atoms with Crippen LogP contribution in [-0.4, -0.2) is 11.7 Å². The number of benzene rings is 2. The molecule has 0 atom stereocenters. The summed E-state index contributed by atoms with van der Waals surface area (Å²) < 4.78 is 11.8. The first-order valence-corrected chi connectivity index (χ1v) is 9.90. The van der Waals surface area contributed by atoms with Crippen LogP contribution in [0, 0.1) is 5.92 Å². The zero-order valence-corrected chi connectivity index (χ0v) is 15.8. The van der Waals surface area contributed by atoms with Gasteiger partial charge in [0.1, 0.15) is 22.5 Å². The lowest BCUT2D eigenvalue weighted by molar-refractivity contribution is 0.210. The van der Waals surface area contributed by atoms with Crippen LogP contribution >= 0.6 is 0 Å². The number of fused-ring (bicyclic) bond motifs is 1. The Morgan fingerprint density at radius 3 is 2.64 bits per heavy atom. The molecule has 5 heteroatoms. The second kappa shape index (κ2) is 8.38. The van der Waals surface area contributed by atoms with Crippen LogP contribution in [0.5, 0.6) is 11.5 Å². The summed E-state index contributed by atoms with van der Waals surface area (Å²) >= 11 is 0. The maximum absolute atomic E-state index is 13.1. The van der Waals surface area contributed by atoms with Crippen LogP contribution in [0.4, 0.5) is 5.69 Å². The molecule has 0 radical (unpaired) electrons. The zero-order chi connectivity index (χ0) is 19.3. The third-order valence-corrected chi connectivity index (χ3v) is 5.38. The molecule has 0 saturated heterocycles. The summed E-state index contributed by atoms with van der Waals surface area (Å²) in [4.78, 5) is 13.1. The molecule has 1 aromatic heterocycles. The van der Waals surface area contributed by atoms with Crippen molar-refractivity contribution in [3.8, 4) is 11.5 Å². The topological polar surface area (TPSA) is 71.7 Å². The predicted octanol–water partition coefficient (Wildman–Crippen LogP) is 5.07. The van der Waals surface area contributed by atoms with Gasteiger partial charge in [0.2, 0.25) is 5.43 Å². The summed E-state index contributed by atoms with van der Waals surface area (Å²) in [5.41, 5.74) is 1.82. The molecule has 1 aliphatic carbocycles. The van der Waals surface area contributed by atoms with Crippen molar-refractivity contribution in [2.75, 3.05) is 11.9 Å². The van der Waals surface area contributed by atoms with Crippen LogP contribution in [0.15, 0.2) is 57.9 Å². The van der Waals surface area contributed by atoms with Gasteiger partial charge in [-0.3, -0.25) is 4.79 Å². The van der Waals surface area contributed by atoms with E-state index in [1.165, 1.54) is 38.4 Å².